The van der Waals surface area contributed by atoms with E-state index >= 15 is 0 Å². The summed E-state index contributed by atoms with van der Waals surface area (Å²) >= 11 is 0. The molecule has 3 rings (SSSR count). The van der Waals surface area contributed by atoms with E-state index in [4.69, 9.17) is 0 Å². The predicted octanol–water partition coefficient (Wildman–Crippen LogP) is 6.09. The Morgan fingerprint density at radius 3 is 0.862 bits per heavy atom. The second-order valence-electron chi connectivity index (χ2n) is 6.30. The average molecular weight is 487 g/mol. The van der Waals surface area contributed by atoms with Crippen molar-refractivity contribution in [3.63, 3.8) is 0 Å². The van der Waals surface area contributed by atoms with E-state index in [0.717, 1.165) is 19.3 Å². The smallest absolute Gasteiger partial charge is 0.0300 e. The molecule has 29 heavy (non-hydrogen) atoms. The first kappa shape index (κ1) is 30.7. The number of aryl methyl sites for hydroxylation is 3. The van der Waals surface area contributed by atoms with Crippen LogP contribution in [0.1, 0.15) is 37.5 Å². The van der Waals surface area contributed by atoms with Crippen LogP contribution in [0.2, 0.25) is 0 Å². The van der Waals surface area contributed by atoms with E-state index < -0.39 is 0 Å². The Morgan fingerprint density at radius 1 is 0.483 bits per heavy atom. The summed E-state index contributed by atoms with van der Waals surface area (Å²) in [5, 5.41) is 3.82. The van der Waals surface area contributed by atoms with E-state index in [1.54, 1.807) is 0 Å². The molecule has 0 nitrogen and oxygen atoms in total. The molecule has 3 aromatic carbocycles. The fraction of sp³-hybridized carbons (Fsp3) is 0.250. The van der Waals surface area contributed by atoms with Gasteiger partial charge in [0.05, 0.1) is 0 Å². The standard InChI is InChI=1S/3C8H11P.2ClH/c3*1-2-7-4-3-5-8(9)6-7;;/h3*3-6H,2,9H2,1H3;2*1H. The molecular weight excluding hydrogens is 452 g/mol. The van der Waals surface area contributed by atoms with Gasteiger partial charge in [-0.05, 0) is 51.9 Å². The predicted molar refractivity (Wildman–Crippen MR) is 150 cm³/mol. The lowest BCUT2D eigenvalue weighted by Crippen LogP contribution is -1.90. The number of hydrogen-bond donors (Lipinski definition) is 0. The SMILES string of the molecule is CCc1cccc(P)c1.CCc1cccc(P)c1.CCc1cccc(P)c1.Cl.Cl. The zero-order valence-corrected chi connectivity index (χ0v) is 22.7. The van der Waals surface area contributed by atoms with Crippen molar-refractivity contribution in [3.05, 3.63) is 89.5 Å². The van der Waals surface area contributed by atoms with Gasteiger partial charge in [0, 0.05) is 0 Å². The van der Waals surface area contributed by atoms with Crippen LogP contribution < -0.4 is 15.9 Å². The third-order valence-corrected chi connectivity index (χ3v) is 5.16. The summed E-state index contributed by atoms with van der Waals surface area (Å²) in [6.07, 6.45) is 3.38. The largest absolute Gasteiger partial charge is 0.147 e. The lowest BCUT2D eigenvalue weighted by Gasteiger charge is -1.95. The highest BCUT2D eigenvalue weighted by atomic mass is 35.5. The summed E-state index contributed by atoms with van der Waals surface area (Å²) in [6, 6.07) is 25.5. The molecule has 0 spiro atoms. The molecule has 3 aromatic rings. The van der Waals surface area contributed by atoms with Crippen LogP contribution in [0.4, 0.5) is 0 Å². The topological polar surface area (TPSA) is 0 Å². The summed E-state index contributed by atoms with van der Waals surface area (Å²) < 4.78 is 0. The van der Waals surface area contributed by atoms with Crippen LogP contribution in [0.5, 0.6) is 0 Å². The molecule has 0 bridgehead atoms. The monoisotopic (exact) mass is 486 g/mol. The van der Waals surface area contributed by atoms with Crippen LogP contribution in [0.3, 0.4) is 0 Å². The minimum absolute atomic E-state index is 0. The Labute approximate surface area is 197 Å². The van der Waals surface area contributed by atoms with Crippen molar-refractivity contribution in [2.75, 3.05) is 0 Å². The number of benzene rings is 3. The Balaban J connectivity index is 0. The van der Waals surface area contributed by atoms with Gasteiger partial charge in [-0.2, -0.15) is 0 Å². The van der Waals surface area contributed by atoms with Gasteiger partial charge < -0.3 is 0 Å². The zero-order chi connectivity index (χ0) is 20.1. The van der Waals surface area contributed by atoms with E-state index in [1.165, 1.54) is 32.6 Å². The summed E-state index contributed by atoms with van der Waals surface area (Å²) in [7, 11) is 8.08. The number of halogens is 2. The fourth-order valence-electron chi connectivity index (χ4n) is 2.44. The van der Waals surface area contributed by atoms with Crippen LogP contribution in [-0.4, -0.2) is 0 Å². The molecule has 5 heteroatoms. The van der Waals surface area contributed by atoms with Gasteiger partial charge in [0.1, 0.15) is 0 Å². The lowest BCUT2D eigenvalue weighted by atomic mass is 10.2. The number of hydrogen-bond acceptors (Lipinski definition) is 0. The van der Waals surface area contributed by atoms with Crippen LogP contribution >= 0.6 is 52.5 Å². The third-order valence-electron chi connectivity index (χ3n) is 4.08. The highest BCUT2D eigenvalue weighted by Gasteiger charge is 1.87. The first-order chi connectivity index (χ1) is 13.0. The summed E-state index contributed by atoms with van der Waals surface area (Å²) in [6.45, 7) is 6.50. The second-order valence-corrected chi connectivity index (χ2v) is 8.30. The van der Waals surface area contributed by atoms with Gasteiger partial charge in [-0.15, -0.1) is 52.5 Å². The molecule has 3 unspecified atom stereocenters. The quantitative estimate of drug-likeness (QED) is 0.392. The van der Waals surface area contributed by atoms with Crippen molar-refractivity contribution < 1.29 is 0 Å². The van der Waals surface area contributed by atoms with E-state index in [-0.39, 0.29) is 24.8 Å². The van der Waals surface area contributed by atoms with Gasteiger partial charge in [-0.3, -0.25) is 0 Å². The maximum Gasteiger partial charge on any atom is -0.0300 e. The molecule has 0 saturated carbocycles. The van der Waals surface area contributed by atoms with Gasteiger partial charge in [-0.1, -0.05) is 93.6 Å². The Kier molecular flexibility index (Phi) is 19.4. The summed E-state index contributed by atoms with van der Waals surface area (Å²) in [5.74, 6) is 0. The Morgan fingerprint density at radius 2 is 0.724 bits per heavy atom. The molecule has 0 amide bonds. The van der Waals surface area contributed by atoms with Crippen LogP contribution in [0.15, 0.2) is 72.8 Å². The molecular formula is C24H35Cl2P3. The molecule has 0 radical (unpaired) electrons. The first-order valence-corrected chi connectivity index (χ1v) is 11.2. The highest BCUT2D eigenvalue weighted by Crippen LogP contribution is 2.00. The Hall–Kier alpha value is -0.470. The van der Waals surface area contributed by atoms with Crippen LogP contribution in [-0.2, 0) is 19.3 Å². The minimum atomic E-state index is 0. The lowest BCUT2D eigenvalue weighted by molar-refractivity contribution is 1.14. The number of rotatable bonds is 3. The highest BCUT2D eigenvalue weighted by molar-refractivity contribution is 7.27. The molecule has 0 fully saturated rings. The third kappa shape index (κ3) is 14.2. The molecule has 0 heterocycles. The van der Waals surface area contributed by atoms with E-state index in [0.29, 0.717) is 0 Å². The Bertz CT molecular complexity index is 699. The van der Waals surface area contributed by atoms with Gasteiger partial charge in [0.2, 0.25) is 0 Å². The molecule has 0 N–H and O–H groups in total. The second kappa shape index (κ2) is 18.3. The van der Waals surface area contributed by atoms with Crippen molar-refractivity contribution in [2.45, 2.75) is 40.0 Å². The molecule has 0 aliphatic carbocycles. The first-order valence-electron chi connectivity index (χ1n) is 9.51. The van der Waals surface area contributed by atoms with Crippen LogP contribution in [0.25, 0.3) is 0 Å². The molecule has 3 atom stereocenters. The maximum atomic E-state index is 2.69. The van der Waals surface area contributed by atoms with Crippen molar-refractivity contribution >= 4 is 68.4 Å². The zero-order valence-electron chi connectivity index (χ0n) is 17.6. The van der Waals surface area contributed by atoms with Crippen molar-refractivity contribution in [1.29, 1.82) is 0 Å². The van der Waals surface area contributed by atoms with E-state index in [2.05, 4.69) is 121 Å². The molecule has 160 valence electrons. The summed E-state index contributed by atoms with van der Waals surface area (Å²) in [4.78, 5) is 0. The molecule has 0 saturated heterocycles. The van der Waals surface area contributed by atoms with E-state index in [9.17, 15) is 0 Å². The van der Waals surface area contributed by atoms with Gasteiger partial charge >= 0.3 is 0 Å². The van der Waals surface area contributed by atoms with E-state index in [1.807, 2.05) is 0 Å². The van der Waals surface area contributed by atoms with Crippen molar-refractivity contribution in [1.82, 2.24) is 0 Å². The average Bonchev–Trinajstić information content (AvgIpc) is 2.69. The summed E-state index contributed by atoms with van der Waals surface area (Å²) in [5.41, 5.74) is 4.22. The van der Waals surface area contributed by atoms with Crippen molar-refractivity contribution in [3.8, 4) is 0 Å². The normalized spacial score (nSPS) is 8.90. The van der Waals surface area contributed by atoms with Crippen molar-refractivity contribution in [2.24, 2.45) is 0 Å². The minimum Gasteiger partial charge on any atom is -0.147 e. The van der Waals surface area contributed by atoms with Crippen LogP contribution in [0, 0.1) is 0 Å². The fourth-order valence-corrected chi connectivity index (χ4v) is 3.41. The molecule has 0 aromatic heterocycles. The van der Waals surface area contributed by atoms with Gasteiger partial charge in [-0.25, -0.2) is 0 Å². The molecule has 0 aliphatic heterocycles. The molecule has 0 aliphatic rings. The van der Waals surface area contributed by atoms with Gasteiger partial charge in [0.25, 0.3) is 0 Å². The van der Waals surface area contributed by atoms with Gasteiger partial charge in [0.15, 0.2) is 0 Å². The maximum absolute atomic E-state index is 2.69.